The summed E-state index contributed by atoms with van der Waals surface area (Å²) < 4.78 is 5.70. The first-order chi connectivity index (χ1) is 13.0. The smallest absolute Gasteiger partial charge is 0.288 e. The molecule has 0 bridgehead atoms. The van der Waals surface area contributed by atoms with Crippen LogP contribution in [0, 0.1) is 13.8 Å². The van der Waals surface area contributed by atoms with Crippen LogP contribution in [0.1, 0.15) is 28.5 Å². The molecule has 0 aliphatic heterocycles. The number of hydrogen-bond acceptors (Lipinski definition) is 4. The molecule has 0 fully saturated rings. The number of nitrogens with one attached hydrogen (secondary N) is 2. The van der Waals surface area contributed by atoms with Crippen LogP contribution in [-0.4, -0.2) is 22.9 Å². The Morgan fingerprint density at radius 1 is 0.963 bits per heavy atom. The summed E-state index contributed by atoms with van der Waals surface area (Å²) >= 11 is 0. The van der Waals surface area contributed by atoms with Gasteiger partial charge in [-0.3, -0.25) is 20.4 Å². The Balaban J connectivity index is 1.60. The molecule has 27 heavy (non-hydrogen) atoms. The van der Waals surface area contributed by atoms with Crippen LogP contribution in [0.15, 0.2) is 54.6 Å². The summed E-state index contributed by atoms with van der Waals surface area (Å²) in [4.78, 5) is 28.8. The molecule has 3 rings (SSSR count). The molecule has 1 heterocycles. The molecule has 6 heteroatoms. The summed E-state index contributed by atoms with van der Waals surface area (Å²) in [5.74, 6) is -0.307. The number of hydrogen-bond donors (Lipinski definition) is 2. The van der Waals surface area contributed by atoms with Crippen molar-refractivity contribution >= 4 is 22.7 Å². The van der Waals surface area contributed by atoms with E-state index in [9.17, 15) is 9.59 Å². The number of aryl methyl sites for hydroxylation is 1. The molecular weight excluding hydrogens is 342 g/mol. The first-order valence-electron chi connectivity index (χ1n) is 8.64. The highest BCUT2D eigenvalue weighted by Gasteiger charge is 2.17. The standard InChI is InChI=1S/C21H21N3O3/c1-13-7-6-10-19(14(13)2)27-15(3)20(25)23-24-21(26)18-12-11-16-8-4-5-9-17(16)22-18/h4-12,15H,1-3H3,(H,23,25)(H,24,26)/t15-/m1/s1. The van der Waals surface area contributed by atoms with Gasteiger partial charge >= 0.3 is 0 Å². The van der Waals surface area contributed by atoms with Gasteiger partial charge < -0.3 is 4.74 Å². The van der Waals surface area contributed by atoms with Crippen LogP contribution < -0.4 is 15.6 Å². The van der Waals surface area contributed by atoms with Gasteiger partial charge in [0, 0.05) is 5.39 Å². The van der Waals surface area contributed by atoms with Crippen LogP contribution >= 0.6 is 0 Å². The Hall–Kier alpha value is -3.41. The predicted octanol–water partition coefficient (Wildman–Crippen LogP) is 3.08. The number of benzene rings is 2. The first kappa shape index (κ1) is 18.4. The lowest BCUT2D eigenvalue weighted by Crippen LogP contribution is -2.47. The van der Waals surface area contributed by atoms with E-state index >= 15 is 0 Å². The van der Waals surface area contributed by atoms with Crippen molar-refractivity contribution in [1.29, 1.82) is 0 Å². The van der Waals surface area contributed by atoms with Crippen LogP contribution in [0.4, 0.5) is 0 Å². The molecule has 138 valence electrons. The summed E-state index contributed by atoms with van der Waals surface area (Å²) in [5, 5.41) is 0.939. The molecular formula is C21H21N3O3. The summed E-state index contributed by atoms with van der Waals surface area (Å²) in [5.41, 5.74) is 7.74. The van der Waals surface area contributed by atoms with Crippen molar-refractivity contribution < 1.29 is 14.3 Å². The molecule has 1 aromatic heterocycles. The van der Waals surface area contributed by atoms with Crippen molar-refractivity contribution in [3.05, 3.63) is 71.4 Å². The fourth-order valence-corrected chi connectivity index (χ4v) is 2.57. The third kappa shape index (κ3) is 4.23. The molecule has 1 atom stereocenters. The summed E-state index contributed by atoms with van der Waals surface area (Å²) in [6, 6.07) is 16.6. The second kappa shape index (κ2) is 7.86. The van der Waals surface area contributed by atoms with E-state index in [0.29, 0.717) is 11.3 Å². The number of carbonyl (C=O) groups is 2. The maximum Gasteiger partial charge on any atom is 0.288 e. The summed E-state index contributed by atoms with van der Waals surface area (Å²) in [6.07, 6.45) is -0.768. The lowest BCUT2D eigenvalue weighted by Gasteiger charge is -2.17. The second-order valence-electron chi connectivity index (χ2n) is 6.29. The van der Waals surface area contributed by atoms with Gasteiger partial charge in [0.15, 0.2) is 6.10 Å². The molecule has 2 N–H and O–H groups in total. The lowest BCUT2D eigenvalue weighted by atomic mass is 10.1. The van der Waals surface area contributed by atoms with Gasteiger partial charge in [0.1, 0.15) is 11.4 Å². The number of carbonyl (C=O) groups excluding carboxylic acids is 2. The maximum atomic E-state index is 12.2. The highest BCUT2D eigenvalue weighted by atomic mass is 16.5. The molecule has 0 saturated heterocycles. The SMILES string of the molecule is Cc1cccc(O[C@H](C)C(=O)NNC(=O)c2ccc3ccccc3n2)c1C. The number of aromatic nitrogens is 1. The van der Waals surface area contributed by atoms with E-state index in [1.54, 1.807) is 13.0 Å². The van der Waals surface area contributed by atoms with Crippen LogP contribution in [0.2, 0.25) is 0 Å². The zero-order valence-corrected chi connectivity index (χ0v) is 15.4. The van der Waals surface area contributed by atoms with Crippen molar-refractivity contribution in [3.8, 4) is 5.75 Å². The van der Waals surface area contributed by atoms with Crippen molar-refractivity contribution in [2.24, 2.45) is 0 Å². The Morgan fingerprint density at radius 2 is 1.74 bits per heavy atom. The van der Waals surface area contributed by atoms with Gasteiger partial charge in [-0.05, 0) is 50.1 Å². The molecule has 2 aromatic carbocycles. The Morgan fingerprint density at radius 3 is 2.56 bits per heavy atom. The van der Waals surface area contributed by atoms with E-state index in [1.165, 1.54) is 0 Å². The number of nitrogens with zero attached hydrogens (tertiary/aromatic N) is 1. The number of hydrazine groups is 1. The molecule has 0 aliphatic carbocycles. The van der Waals surface area contributed by atoms with Gasteiger partial charge in [0.2, 0.25) is 0 Å². The van der Waals surface area contributed by atoms with Gasteiger partial charge in [-0.1, -0.05) is 36.4 Å². The number of amides is 2. The van der Waals surface area contributed by atoms with Crippen molar-refractivity contribution in [1.82, 2.24) is 15.8 Å². The summed E-state index contributed by atoms with van der Waals surface area (Å²) in [6.45, 7) is 5.53. The molecule has 0 radical (unpaired) electrons. The Bertz CT molecular complexity index is 1000. The van der Waals surface area contributed by atoms with E-state index in [2.05, 4.69) is 15.8 Å². The third-order valence-corrected chi connectivity index (χ3v) is 4.36. The third-order valence-electron chi connectivity index (χ3n) is 4.36. The van der Waals surface area contributed by atoms with Crippen LogP contribution in [0.25, 0.3) is 10.9 Å². The average Bonchev–Trinajstić information content (AvgIpc) is 2.68. The zero-order chi connectivity index (χ0) is 19.4. The number of pyridine rings is 1. The Labute approximate surface area is 157 Å². The van der Waals surface area contributed by atoms with Gasteiger partial charge in [0.05, 0.1) is 5.52 Å². The monoisotopic (exact) mass is 363 g/mol. The second-order valence-corrected chi connectivity index (χ2v) is 6.29. The highest BCUT2D eigenvalue weighted by molar-refractivity contribution is 5.96. The number of rotatable bonds is 4. The fourth-order valence-electron chi connectivity index (χ4n) is 2.57. The van der Waals surface area contributed by atoms with Crippen molar-refractivity contribution in [2.75, 3.05) is 0 Å². The maximum absolute atomic E-state index is 12.2. The number of ether oxygens (including phenoxy) is 1. The molecule has 0 spiro atoms. The van der Waals surface area contributed by atoms with E-state index < -0.39 is 17.9 Å². The molecule has 2 amide bonds. The van der Waals surface area contributed by atoms with E-state index in [-0.39, 0.29) is 5.69 Å². The van der Waals surface area contributed by atoms with Crippen LogP contribution in [0.5, 0.6) is 5.75 Å². The quantitative estimate of drug-likeness (QED) is 0.698. The fraction of sp³-hybridized carbons (Fsp3) is 0.190. The Kier molecular flexibility index (Phi) is 5.35. The van der Waals surface area contributed by atoms with Crippen LogP contribution in [-0.2, 0) is 4.79 Å². The van der Waals surface area contributed by atoms with Crippen molar-refractivity contribution in [2.45, 2.75) is 26.9 Å². The van der Waals surface area contributed by atoms with Crippen molar-refractivity contribution in [3.63, 3.8) is 0 Å². The zero-order valence-electron chi connectivity index (χ0n) is 15.4. The number of fused-ring (bicyclic) bond motifs is 1. The van der Waals surface area contributed by atoms with E-state index in [1.807, 2.05) is 62.4 Å². The van der Waals surface area contributed by atoms with E-state index in [4.69, 9.17) is 4.74 Å². The lowest BCUT2D eigenvalue weighted by molar-refractivity contribution is -0.128. The minimum absolute atomic E-state index is 0.220. The molecule has 0 unspecified atom stereocenters. The minimum atomic E-state index is -0.768. The van der Waals surface area contributed by atoms with Gasteiger partial charge in [-0.2, -0.15) is 0 Å². The van der Waals surface area contributed by atoms with Gasteiger partial charge in [-0.25, -0.2) is 4.98 Å². The van der Waals surface area contributed by atoms with Crippen LogP contribution in [0.3, 0.4) is 0 Å². The van der Waals surface area contributed by atoms with Gasteiger partial charge in [-0.15, -0.1) is 0 Å². The molecule has 0 aliphatic rings. The predicted molar refractivity (Wildman–Crippen MR) is 103 cm³/mol. The highest BCUT2D eigenvalue weighted by Crippen LogP contribution is 2.21. The number of para-hydroxylation sites is 1. The minimum Gasteiger partial charge on any atom is -0.481 e. The normalized spacial score (nSPS) is 11.7. The molecule has 3 aromatic rings. The van der Waals surface area contributed by atoms with E-state index in [0.717, 1.165) is 16.5 Å². The largest absolute Gasteiger partial charge is 0.481 e. The molecule has 0 saturated carbocycles. The first-order valence-corrected chi connectivity index (χ1v) is 8.64. The topological polar surface area (TPSA) is 80.3 Å². The van der Waals surface area contributed by atoms with Gasteiger partial charge in [0.25, 0.3) is 11.8 Å². The summed E-state index contributed by atoms with van der Waals surface area (Å²) in [7, 11) is 0. The molecule has 6 nitrogen and oxygen atoms in total. The average molecular weight is 363 g/mol.